The monoisotopic (exact) mass is 229 g/mol. The average Bonchev–Trinajstić information content (AvgIpc) is 2.72. The molecule has 4 heteroatoms. The first-order valence-corrected chi connectivity index (χ1v) is 5.96. The second-order valence-electron chi connectivity index (χ2n) is 4.79. The third kappa shape index (κ3) is 3.19. The molecule has 1 saturated heterocycles. The second-order valence-corrected chi connectivity index (χ2v) is 4.79. The molecule has 1 heterocycles. The van der Waals surface area contributed by atoms with Crippen LogP contribution in [0.15, 0.2) is 0 Å². The summed E-state index contributed by atoms with van der Waals surface area (Å²) in [5, 5.41) is 2.94. The van der Waals surface area contributed by atoms with E-state index in [1.165, 1.54) is 0 Å². The van der Waals surface area contributed by atoms with Crippen molar-refractivity contribution in [2.45, 2.75) is 45.3 Å². The molecule has 0 aromatic carbocycles. The highest BCUT2D eigenvalue weighted by molar-refractivity contribution is 5.84. The molecule has 2 unspecified atom stereocenters. The summed E-state index contributed by atoms with van der Waals surface area (Å²) >= 11 is 0. The van der Waals surface area contributed by atoms with E-state index in [4.69, 9.17) is 9.47 Å². The van der Waals surface area contributed by atoms with Crippen molar-refractivity contribution in [3.05, 3.63) is 0 Å². The molecule has 0 aromatic rings. The molecule has 16 heavy (non-hydrogen) atoms. The van der Waals surface area contributed by atoms with Crippen LogP contribution in [0, 0.1) is 5.92 Å². The van der Waals surface area contributed by atoms with E-state index in [1.807, 2.05) is 0 Å². The lowest BCUT2D eigenvalue weighted by molar-refractivity contribution is -0.139. The summed E-state index contributed by atoms with van der Waals surface area (Å²) in [4.78, 5) is 11.8. The van der Waals surface area contributed by atoms with E-state index in [1.54, 1.807) is 21.0 Å². The summed E-state index contributed by atoms with van der Waals surface area (Å²) in [5.74, 6) is 0.387. The van der Waals surface area contributed by atoms with E-state index in [2.05, 4.69) is 12.2 Å². The normalized spacial score (nSPS) is 25.8. The van der Waals surface area contributed by atoms with Crippen LogP contribution in [0.2, 0.25) is 0 Å². The van der Waals surface area contributed by atoms with Crippen molar-refractivity contribution in [1.82, 2.24) is 5.32 Å². The van der Waals surface area contributed by atoms with Gasteiger partial charge in [0.25, 0.3) is 5.91 Å². The number of carbonyl (C=O) groups is 1. The van der Waals surface area contributed by atoms with Crippen molar-refractivity contribution >= 4 is 5.91 Å². The van der Waals surface area contributed by atoms with Crippen molar-refractivity contribution in [3.8, 4) is 0 Å². The van der Waals surface area contributed by atoms with Gasteiger partial charge >= 0.3 is 0 Å². The van der Waals surface area contributed by atoms with Crippen LogP contribution in [0.3, 0.4) is 0 Å². The molecule has 0 spiro atoms. The van der Waals surface area contributed by atoms with Gasteiger partial charge in [-0.2, -0.15) is 0 Å². The summed E-state index contributed by atoms with van der Waals surface area (Å²) in [6.07, 6.45) is 2.34. The lowest BCUT2D eigenvalue weighted by Crippen LogP contribution is -2.45. The van der Waals surface area contributed by atoms with Crippen molar-refractivity contribution < 1.29 is 14.3 Å². The van der Waals surface area contributed by atoms with Crippen LogP contribution < -0.4 is 5.32 Å². The number of amides is 1. The predicted molar refractivity (Wildman–Crippen MR) is 62.2 cm³/mol. The Balaban J connectivity index is 2.37. The number of hydrogen-bond donors (Lipinski definition) is 1. The maximum absolute atomic E-state index is 11.8. The Bertz CT molecular complexity index is 240. The molecule has 1 aliphatic heterocycles. The molecule has 1 N–H and O–H groups in total. The fraction of sp³-hybridized carbons (Fsp3) is 0.917. The maximum Gasteiger partial charge on any atom is 0.251 e. The Labute approximate surface area is 97.7 Å². The molecule has 1 amide bonds. The minimum absolute atomic E-state index is 0.0586. The lowest BCUT2D eigenvalue weighted by Gasteiger charge is -2.24. The van der Waals surface area contributed by atoms with Crippen LogP contribution in [0.5, 0.6) is 0 Å². The quantitative estimate of drug-likeness (QED) is 0.774. The van der Waals surface area contributed by atoms with E-state index < -0.39 is 5.60 Å². The Morgan fingerprint density at radius 3 is 2.81 bits per heavy atom. The van der Waals surface area contributed by atoms with E-state index in [-0.39, 0.29) is 5.91 Å². The van der Waals surface area contributed by atoms with Crippen LogP contribution >= 0.6 is 0 Å². The zero-order valence-electron chi connectivity index (χ0n) is 10.7. The van der Waals surface area contributed by atoms with Crippen molar-refractivity contribution in [2.75, 3.05) is 20.3 Å². The fourth-order valence-corrected chi connectivity index (χ4v) is 1.91. The lowest BCUT2D eigenvalue weighted by atomic mass is 9.99. The maximum atomic E-state index is 11.8. The van der Waals surface area contributed by atoms with Gasteiger partial charge in [-0.05, 0) is 26.7 Å². The number of carbonyl (C=O) groups excluding carboxylic acids is 1. The highest BCUT2D eigenvalue weighted by Crippen LogP contribution is 2.22. The standard InChI is InChI=1S/C12H23NO3/c1-5-10-9(6-7-16-10)8-13-11(14)12(2,3)15-4/h9-10H,5-8H2,1-4H3,(H,13,14). The molecule has 0 radical (unpaired) electrons. The molecule has 94 valence electrons. The number of nitrogens with one attached hydrogen (secondary N) is 1. The molecular formula is C12H23NO3. The molecule has 1 fully saturated rings. The fourth-order valence-electron chi connectivity index (χ4n) is 1.91. The van der Waals surface area contributed by atoms with Gasteiger partial charge in [-0.25, -0.2) is 0 Å². The predicted octanol–water partition coefficient (Wildman–Crippen LogP) is 1.34. The molecule has 0 bridgehead atoms. The van der Waals surface area contributed by atoms with Gasteiger partial charge in [-0.15, -0.1) is 0 Å². The highest BCUT2D eigenvalue weighted by atomic mass is 16.5. The third-order valence-corrected chi connectivity index (χ3v) is 3.33. The summed E-state index contributed by atoms with van der Waals surface area (Å²) < 4.78 is 10.7. The topological polar surface area (TPSA) is 47.6 Å². The van der Waals surface area contributed by atoms with E-state index in [0.29, 0.717) is 18.6 Å². The van der Waals surface area contributed by atoms with E-state index in [9.17, 15) is 4.79 Å². The van der Waals surface area contributed by atoms with Crippen LogP contribution in [-0.4, -0.2) is 37.9 Å². The van der Waals surface area contributed by atoms with Crippen LogP contribution in [-0.2, 0) is 14.3 Å². The van der Waals surface area contributed by atoms with Gasteiger partial charge in [0.1, 0.15) is 5.60 Å². The van der Waals surface area contributed by atoms with Gasteiger partial charge in [0.05, 0.1) is 6.10 Å². The first-order chi connectivity index (χ1) is 7.51. The van der Waals surface area contributed by atoms with Crippen molar-refractivity contribution in [3.63, 3.8) is 0 Å². The van der Waals surface area contributed by atoms with Gasteiger partial charge in [0.15, 0.2) is 0 Å². The van der Waals surface area contributed by atoms with Crippen LogP contribution in [0.4, 0.5) is 0 Å². The minimum atomic E-state index is -0.749. The van der Waals surface area contributed by atoms with Crippen LogP contribution in [0.1, 0.15) is 33.6 Å². The van der Waals surface area contributed by atoms with Gasteiger partial charge in [-0.1, -0.05) is 6.92 Å². The van der Waals surface area contributed by atoms with Crippen LogP contribution in [0.25, 0.3) is 0 Å². The molecule has 1 aliphatic rings. The van der Waals surface area contributed by atoms with Gasteiger partial charge < -0.3 is 14.8 Å². The second kappa shape index (κ2) is 5.64. The highest BCUT2D eigenvalue weighted by Gasteiger charge is 2.30. The molecule has 2 atom stereocenters. The number of hydrogen-bond acceptors (Lipinski definition) is 3. The third-order valence-electron chi connectivity index (χ3n) is 3.33. The zero-order chi connectivity index (χ0) is 12.2. The molecule has 4 nitrogen and oxygen atoms in total. The summed E-state index contributed by atoms with van der Waals surface area (Å²) in [6.45, 7) is 7.15. The molecule has 0 aliphatic carbocycles. The zero-order valence-corrected chi connectivity index (χ0v) is 10.7. The smallest absolute Gasteiger partial charge is 0.251 e. The summed E-state index contributed by atoms with van der Waals surface area (Å²) in [7, 11) is 1.55. The van der Waals surface area contributed by atoms with Crippen molar-refractivity contribution in [2.24, 2.45) is 5.92 Å². The number of rotatable bonds is 5. The van der Waals surface area contributed by atoms with Gasteiger partial charge in [-0.3, -0.25) is 4.79 Å². The molecule has 0 saturated carbocycles. The minimum Gasteiger partial charge on any atom is -0.378 e. The van der Waals surface area contributed by atoms with E-state index in [0.717, 1.165) is 19.4 Å². The van der Waals surface area contributed by atoms with Gasteiger partial charge in [0, 0.05) is 26.2 Å². The SMILES string of the molecule is CCC1OCCC1CNC(=O)C(C)(C)OC. The first-order valence-electron chi connectivity index (χ1n) is 5.96. The molecule has 0 aromatic heterocycles. The number of ether oxygens (including phenoxy) is 2. The first kappa shape index (κ1) is 13.5. The van der Waals surface area contributed by atoms with Gasteiger partial charge in [0.2, 0.25) is 0 Å². The molecular weight excluding hydrogens is 206 g/mol. The Morgan fingerprint density at radius 1 is 1.56 bits per heavy atom. The number of methoxy groups -OCH3 is 1. The summed E-state index contributed by atoms with van der Waals surface area (Å²) in [5.41, 5.74) is -0.749. The van der Waals surface area contributed by atoms with E-state index >= 15 is 0 Å². The average molecular weight is 229 g/mol. The Kier molecular flexibility index (Phi) is 4.74. The summed E-state index contributed by atoms with van der Waals surface area (Å²) in [6, 6.07) is 0. The Hall–Kier alpha value is -0.610. The largest absolute Gasteiger partial charge is 0.378 e. The molecule has 1 rings (SSSR count). The Morgan fingerprint density at radius 2 is 2.25 bits per heavy atom. The van der Waals surface area contributed by atoms with Crippen molar-refractivity contribution in [1.29, 1.82) is 0 Å².